The summed E-state index contributed by atoms with van der Waals surface area (Å²) < 4.78 is 7.57. The van der Waals surface area contributed by atoms with Crippen LogP contribution in [-0.4, -0.2) is 37.6 Å². The fourth-order valence-corrected chi connectivity index (χ4v) is 3.26. The number of rotatable bonds is 9. The summed E-state index contributed by atoms with van der Waals surface area (Å²) in [5.41, 5.74) is 1.91. The van der Waals surface area contributed by atoms with E-state index in [0.29, 0.717) is 6.54 Å². The van der Waals surface area contributed by atoms with E-state index in [0.717, 1.165) is 46.5 Å². The summed E-state index contributed by atoms with van der Waals surface area (Å²) in [6.45, 7) is 3.35. The first-order valence-corrected chi connectivity index (χ1v) is 9.55. The Kier molecular flexibility index (Phi) is 6.43. The van der Waals surface area contributed by atoms with Crippen LogP contribution in [0.5, 0.6) is 0 Å². The average Bonchev–Trinajstić information content (AvgIpc) is 3.27. The minimum Gasteiger partial charge on any atom is -0.460 e. The number of furan rings is 1. The van der Waals surface area contributed by atoms with Gasteiger partial charge in [0.1, 0.15) is 11.5 Å². The molecule has 0 saturated heterocycles. The van der Waals surface area contributed by atoms with Crippen LogP contribution in [-0.2, 0) is 13.6 Å². The highest BCUT2D eigenvalue weighted by Gasteiger charge is 2.07. The molecule has 1 atom stereocenters. The molecule has 0 saturated carbocycles. The molecule has 0 spiro atoms. The van der Waals surface area contributed by atoms with E-state index in [9.17, 15) is 5.11 Å². The molecule has 0 aliphatic heterocycles. The van der Waals surface area contributed by atoms with Gasteiger partial charge in [0.25, 0.3) is 0 Å². The molecule has 3 aromatic rings. The van der Waals surface area contributed by atoms with Crippen molar-refractivity contribution in [2.45, 2.75) is 31.1 Å². The Bertz CT molecular complexity index is 813. The number of tetrazole rings is 1. The molecule has 138 valence electrons. The number of nitrogens with zero attached hydrogens (tertiary/aromatic N) is 4. The number of thioether (sulfide) groups is 1. The van der Waals surface area contributed by atoms with Crippen LogP contribution in [0.15, 0.2) is 46.0 Å². The van der Waals surface area contributed by atoms with Crippen molar-refractivity contribution < 1.29 is 9.52 Å². The minimum absolute atomic E-state index is 0.455. The van der Waals surface area contributed by atoms with Crippen molar-refractivity contribution in [1.82, 2.24) is 25.5 Å². The summed E-state index contributed by atoms with van der Waals surface area (Å²) in [5, 5.41) is 25.2. The van der Waals surface area contributed by atoms with Crippen molar-refractivity contribution in [3.05, 3.63) is 47.7 Å². The zero-order valence-corrected chi connectivity index (χ0v) is 15.7. The summed E-state index contributed by atoms with van der Waals surface area (Å²) >= 11 is 1.65. The molecule has 0 radical (unpaired) electrons. The van der Waals surface area contributed by atoms with E-state index in [1.807, 2.05) is 43.4 Å². The number of hydrogen-bond donors (Lipinski definition) is 2. The monoisotopic (exact) mass is 373 g/mol. The van der Waals surface area contributed by atoms with Gasteiger partial charge in [-0.3, -0.25) is 0 Å². The van der Waals surface area contributed by atoms with Crippen LogP contribution in [0.1, 0.15) is 30.8 Å². The first-order chi connectivity index (χ1) is 12.6. The summed E-state index contributed by atoms with van der Waals surface area (Å²) in [5.74, 6) is 2.70. The second-order valence-electron chi connectivity index (χ2n) is 6.03. The first kappa shape index (κ1) is 18.6. The standard InChI is InChI=1S/C18H23N5O2S/c1-13(24)14-4-6-15(7-5-14)17-9-8-16(25-17)12-19-10-3-11-26-18-20-21-22-23(18)2/h4-9,13,19,24H,3,10-12H2,1-2H3/t13-/m1/s1. The van der Waals surface area contributed by atoms with E-state index < -0.39 is 6.10 Å². The summed E-state index contributed by atoms with van der Waals surface area (Å²) in [6, 6.07) is 11.7. The maximum Gasteiger partial charge on any atom is 0.209 e. The van der Waals surface area contributed by atoms with Gasteiger partial charge in [-0.15, -0.1) is 5.10 Å². The first-order valence-electron chi connectivity index (χ1n) is 8.56. The zero-order valence-electron chi connectivity index (χ0n) is 14.9. The predicted octanol–water partition coefficient (Wildman–Crippen LogP) is 2.80. The van der Waals surface area contributed by atoms with Crippen molar-refractivity contribution in [2.75, 3.05) is 12.3 Å². The van der Waals surface area contributed by atoms with Crippen LogP contribution in [0, 0.1) is 0 Å². The van der Waals surface area contributed by atoms with Gasteiger partial charge in [-0.25, -0.2) is 4.68 Å². The molecule has 1 aromatic carbocycles. The summed E-state index contributed by atoms with van der Waals surface area (Å²) in [7, 11) is 1.84. The van der Waals surface area contributed by atoms with E-state index in [-0.39, 0.29) is 0 Å². The normalized spacial score (nSPS) is 12.4. The maximum atomic E-state index is 9.57. The lowest BCUT2D eigenvalue weighted by Gasteiger charge is -2.05. The molecule has 0 unspecified atom stereocenters. The molecule has 2 aromatic heterocycles. The van der Waals surface area contributed by atoms with Gasteiger partial charge < -0.3 is 14.8 Å². The molecule has 3 rings (SSSR count). The molecule has 0 fully saturated rings. The fourth-order valence-electron chi connectivity index (χ4n) is 2.47. The Morgan fingerprint density at radius 1 is 1.23 bits per heavy atom. The Morgan fingerprint density at radius 2 is 2.04 bits per heavy atom. The number of hydrogen-bond acceptors (Lipinski definition) is 7. The highest BCUT2D eigenvalue weighted by molar-refractivity contribution is 7.99. The average molecular weight is 373 g/mol. The van der Waals surface area contributed by atoms with Crippen LogP contribution in [0.3, 0.4) is 0 Å². The molecular formula is C18H23N5O2S. The van der Waals surface area contributed by atoms with Crippen LogP contribution in [0.25, 0.3) is 11.3 Å². The molecule has 26 heavy (non-hydrogen) atoms. The van der Waals surface area contributed by atoms with Crippen molar-refractivity contribution in [3.8, 4) is 11.3 Å². The molecule has 0 aliphatic carbocycles. The SMILES string of the molecule is C[C@@H](O)c1ccc(-c2ccc(CNCCCSc3nnnn3C)o2)cc1. The number of aliphatic hydroxyl groups excluding tert-OH is 1. The number of aryl methyl sites for hydroxylation is 1. The minimum atomic E-state index is -0.455. The van der Waals surface area contributed by atoms with Gasteiger partial charge in [0.2, 0.25) is 5.16 Å². The number of benzene rings is 1. The Morgan fingerprint density at radius 3 is 2.73 bits per heavy atom. The lowest BCUT2D eigenvalue weighted by molar-refractivity contribution is 0.199. The van der Waals surface area contributed by atoms with Gasteiger partial charge in [-0.1, -0.05) is 36.0 Å². The van der Waals surface area contributed by atoms with E-state index in [2.05, 4.69) is 20.8 Å². The molecule has 2 heterocycles. The maximum absolute atomic E-state index is 9.57. The van der Waals surface area contributed by atoms with Gasteiger partial charge in [-0.2, -0.15) is 0 Å². The molecule has 8 heteroatoms. The van der Waals surface area contributed by atoms with Crippen molar-refractivity contribution >= 4 is 11.8 Å². The third-order valence-corrected chi connectivity index (χ3v) is 5.05. The lowest BCUT2D eigenvalue weighted by Crippen LogP contribution is -2.14. The fraction of sp³-hybridized carbons (Fsp3) is 0.389. The van der Waals surface area contributed by atoms with E-state index in [4.69, 9.17) is 4.42 Å². The molecule has 7 nitrogen and oxygen atoms in total. The summed E-state index contributed by atoms with van der Waals surface area (Å²) in [4.78, 5) is 0. The highest BCUT2D eigenvalue weighted by Crippen LogP contribution is 2.24. The molecule has 0 amide bonds. The van der Waals surface area contributed by atoms with Crippen molar-refractivity contribution in [3.63, 3.8) is 0 Å². The van der Waals surface area contributed by atoms with Gasteiger partial charge in [-0.05, 0) is 48.0 Å². The third kappa shape index (κ3) is 4.94. The van der Waals surface area contributed by atoms with Gasteiger partial charge in [0, 0.05) is 18.4 Å². The van der Waals surface area contributed by atoms with Gasteiger partial charge >= 0.3 is 0 Å². The second kappa shape index (κ2) is 8.98. The van der Waals surface area contributed by atoms with Gasteiger partial charge in [0.05, 0.1) is 12.6 Å². The molecule has 0 aliphatic rings. The van der Waals surface area contributed by atoms with Crippen LogP contribution >= 0.6 is 11.8 Å². The van der Waals surface area contributed by atoms with Crippen LogP contribution < -0.4 is 5.32 Å². The van der Waals surface area contributed by atoms with E-state index in [1.165, 1.54) is 0 Å². The van der Waals surface area contributed by atoms with Crippen LogP contribution in [0.2, 0.25) is 0 Å². The number of aliphatic hydroxyl groups is 1. The van der Waals surface area contributed by atoms with Gasteiger partial charge in [0.15, 0.2) is 0 Å². The quantitative estimate of drug-likeness (QED) is 0.440. The molecule has 2 N–H and O–H groups in total. The van der Waals surface area contributed by atoms with E-state index in [1.54, 1.807) is 23.4 Å². The largest absolute Gasteiger partial charge is 0.460 e. The Hall–Kier alpha value is -2.16. The van der Waals surface area contributed by atoms with Crippen molar-refractivity contribution in [2.24, 2.45) is 7.05 Å². The number of nitrogens with one attached hydrogen (secondary N) is 1. The topological polar surface area (TPSA) is 89.0 Å². The predicted molar refractivity (Wildman–Crippen MR) is 101 cm³/mol. The van der Waals surface area contributed by atoms with Crippen LogP contribution in [0.4, 0.5) is 0 Å². The Balaban J connectivity index is 1.40. The Labute approximate surface area is 156 Å². The molecular weight excluding hydrogens is 350 g/mol. The smallest absolute Gasteiger partial charge is 0.209 e. The highest BCUT2D eigenvalue weighted by atomic mass is 32.2. The lowest BCUT2D eigenvalue weighted by atomic mass is 10.1. The number of aromatic nitrogens is 4. The van der Waals surface area contributed by atoms with Crippen molar-refractivity contribution in [1.29, 1.82) is 0 Å². The molecule has 0 bridgehead atoms. The third-order valence-electron chi connectivity index (χ3n) is 3.95. The summed E-state index contributed by atoms with van der Waals surface area (Å²) in [6.07, 6.45) is 0.565. The zero-order chi connectivity index (χ0) is 18.4. The second-order valence-corrected chi connectivity index (χ2v) is 7.09. The van der Waals surface area contributed by atoms with E-state index >= 15 is 0 Å².